The average Bonchev–Trinajstić information content (AvgIpc) is 2.81. The highest BCUT2D eigenvalue weighted by molar-refractivity contribution is 6.30. The van der Waals surface area contributed by atoms with Crippen molar-refractivity contribution in [3.05, 3.63) is 70.9 Å². The van der Waals surface area contributed by atoms with Gasteiger partial charge in [-0.3, -0.25) is 4.79 Å². The minimum atomic E-state index is -0.121. The number of nitrogens with one attached hydrogen (secondary N) is 1. The van der Waals surface area contributed by atoms with Crippen LogP contribution in [0.3, 0.4) is 0 Å². The van der Waals surface area contributed by atoms with E-state index >= 15 is 0 Å². The van der Waals surface area contributed by atoms with Gasteiger partial charge in [0.1, 0.15) is 5.69 Å². The lowest BCUT2D eigenvalue weighted by molar-refractivity contribution is -0.115. The van der Waals surface area contributed by atoms with Gasteiger partial charge in [-0.25, -0.2) is 9.67 Å². The molecule has 124 valence electrons. The lowest BCUT2D eigenvalue weighted by Gasteiger charge is -2.07. The molecule has 0 spiro atoms. The van der Waals surface area contributed by atoms with Crippen molar-refractivity contribution in [2.75, 3.05) is 5.32 Å². The van der Waals surface area contributed by atoms with Crippen molar-refractivity contribution in [2.24, 2.45) is 4.99 Å². The van der Waals surface area contributed by atoms with Crippen molar-refractivity contribution in [1.29, 1.82) is 0 Å². The molecule has 5 nitrogen and oxygen atoms in total. The van der Waals surface area contributed by atoms with Crippen molar-refractivity contribution in [1.82, 2.24) is 9.78 Å². The van der Waals surface area contributed by atoms with E-state index in [-0.39, 0.29) is 12.3 Å². The number of aromatic nitrogens is 2. The summed E-state index contributed by atoms with van der Waals surface area (Å²) in [6, 6.07) is 17.0. The minimum Gasteiger partial charge on any atom is -0.308 e. The molecule has 4 rings (SSSR count). The summed E-state index contributed by atoms with van der Waals surface area (Å²) in [5, 5.41) is 8.15. The lowest BCUT2D eigenvalue weighted by Crippen LogP contribution is -2.17. The normalized spacial score (nSPS) is 13.7. The third-order valence-corrected chi connectivity index (χ3v) is 4.29. The summed E-state index contributed by atoms with van der Waals surface area (Å²) in [7, 11) is 0. The maximum atomic E-state index is 12.4. The van der Waals surface area contributed by atoms with E-state index in [0.29, 0.717) is 22.2 Å². The second kappa shape index (κ2) is 6.18. The van der Waals surface area contributed by atoms with E-state index in [0.717, 1.165) is 16.9 Å². The Morgan fingerprint density at radius 1 is 1.08 bits per heavy atom. The van der Waals surface area contributed by atoms with Gasteiger partial charge in [0, 0.05) is 5.02 Å². The fourth-order valence-electron chi connectivity index (χ4n) is 2.83. The largest absolute Gasteiger partial charge is 0.308 e. The molecule has 1 amide bonds. The number of aryl methyl sites for hydroxylation is 1. The zero-order valence-corrected chi connectivity index (χ0v) is 14.3. The van der Waals surface area contributed by atoms with Gasteiger partial charge < -0.3 is 5.32 Å². The first-order chi connectivity index (χ1) is 12.1. The van der Waals surface area contributed by atoms with E-state index < -0.39 is 0 Å². The molecule has 0 saturated heterocycles. The van der Waals surface area contributed by atoms with Gasteiger partial charge in [0.05, 0.1) is 23.5 Å². The quantitative estimate of drug-likeness (QED) is 0.749. The van der Waals surface area contributed by atoms with Crippen molar-refractivity contribution in [2.45, 2.75) is 13.3 Å². The number of anilines is 1. The van der Waals surface area contributed by atoms with Gasteiger partial charge in [0.25, 0.3) is 0 Å². The highest BCUT2D eigenvalue weighted by atomic mass is 35.5. The van der Waals surface area contributed by atoms with Gasteiger partial charge in [-0.2, -0.15) is 5.10 Å². The molecule has 6 heteroatoms. The van der Waals surface area contributed by atoms with Crippen LogP contribution in [0.4, 0.5) is 11.5 Å². The summed E-state index contributed by atoms with van der Waals surface area (Å²) >= 11 is 5.96. The van der Waals surface area contributed by atoms with Crippen LogP contribution in [0.25, 0.3) is 5.69 Å². The van der Waals surface area contributed by atoms with E-state index in [1.807, 2.05) is 49.4 Å². The molecule has 0 bridgehead atoms. The molecular weight excluding hydrogens is 336 g/mol. The first-order valence-electron chi connectivity index (χ1n) is 7.90. The van der Waals surface area contributed by atoms with E-state index in [1.165, 1.54) is 0 Å². The fraction of sp³-hybridized carbons (Fsp3) is 0.105. The second-order valence-corrected chi connectivity index (χ2v) is 6.26. The number of aliphatic imine (C=N–C) groups is 1. The zero-order chi connectivity index (χ0) is 17.4. The molecule has 0 atom stereocenters. The van der Waals surface area contributed by atoms with Crippen LogP contribution in [0.5, 0.6) is 0 Å². The van der Waals surface area contributed by atoms with Gasteiger partial charge in [0.2, 0.25) is 5.91 Å². The zero-order valence-electron chi connectivity index (χ0n) is 13.5. The summed E-state index contributed by atoms with van der Waals surface area (Å²) in [5.41, 5.74) is 3.88. The topological polar surface area (TPSA) is 59.3 Å². The summed E-state index contributed by atoms with van der Waals surface area (Å²) in [5.74, 6) is 0.474. The number of hydrogen-bond acceptors (Lipinski definition) is 3. The monoisotopic (exact) mass is 350 g/mol. The summed E-state index contributed by atoms with van der Waals surface area (Å²) in [6.07, 6.45) is 0.199. The Labute approximate surface area is 150 Å². The van der Waals surface area contributed by atoms with Crippen LogP contribution in [0.1, 0.15) is 17.7 Å². The van der Waals surface area contributed by atoms with Crippen LogP contribution in [0.15, 0.2) is 59.6 Å². The van der Waals surface area contributed by atoms with Crippen LogP contribution in [0.2, 0.25) is 5.02 Å². The van der Waals surface area contributed by atoms with Crippen molar-refractivity contribution in [3.8, 4) is 5.69 Å². The van der Waals surface area contributed by atoms with Gasteiger partial charge >= 0.3 is 0 Å². The van der Waals surface area contributed by atoms with E-state index in [1.54, 1.807) is 16.8 Å². The lowest BCUT2D eigenvalue weighted by atomic mass is 10.1. The van der Waals surface area contributed by atoms with Crippen LogP contribution < -0.4 is 5.32 Å². The smallest absolute Gasteiger partial charge is 0.231 e. The number of rotatable bonds is 2. The van der Waals surface area contributed by atoms with Crippen molar-refractivity contribution in [3.63, 3.8) is 0 Å². The molecule has 25 heavy (non-hydrogen) atoms. The van der Waals surface area contributed by atoms with E-state index in [4.69, 9.17) is 16.6 Å². The highest BCUT2D eigenvalue weighted by Gasteiger charge is 2.23. The Morgan fingerprint density at radius 3 is 2.52 bits per heavy atom. The molecule has 0 radical (unpaired) electrons. The third-order valence-electron chi connectivity index (χ3n) is 4.04. The number of carbonyl (C=O) groups is 1. The van der Waals surface area contributed by atoms with Crippen LogP contribution in [-0.2, 0) is 4.79 Å². The highest BCUT2D eigenvalue weighted by Crippen LogP contribution is 2.34. The Balaban J connectivity index is 1.86. The third kappa shape index (κ3) is 2.94. The predicted octanol–water partition coefficient (Wildman–Crippen LogP) is 4.30. The van der Waals surface area contributed by atoms with Gasteiger partial charge in [-0.1, -0.05) is 41.9 Å². The number of amides is 1. The second-order valence-electron chi connectivity index (χ2n) is 5.82. The number of hydrogen-bond donors (Lipinski definition) is 1. The summed E-state index contributed by atoms with van der Waals surface area (Å²) in [6.45, 7) is 1.89. The first kappa shape index (κ1) is 15.6. The van der Waals surface area contributed by atoms with Gasteiger partial charge in [0.15, 0.2) is 5.82 Å². The molecule has 1 aliphatic heterocycles. The Bertz CT molecular complexity index is 975. The van der Waals surface area contributed by atoms with Gasteiger partial charge in [-0.15, -0.1) is 0 Å². The fourth-order valence-corrected chi connectivity index (χ4v) is 2.96. The van der Waals surface area contributed by atoms with Gasteiger partial charge in [-0.05, 0) is 36.8 Å². The molecule has 1 aromatic heterocycles. The number of halogens is 1. The molecule has 2 aromatic carbocycles. The average molecular weight is 351 g/mol. The molecule has 3 aromatic rings. The number of para-hydroxylation sites is 1. The molecule has 0 fully saturated rings. The number of fused-ring (bicyclic) bond motifs is 1. The maximum absolute atomic E-state index is 12.4. The van der Waals surface area contributed by atoms with E-state index in [2.05, 4.69) is 10.4 Å². The molecule has 0 aliphatic carbocycles. The molecule has 0 unspecified atom stereocenters. The Kier molecular flexibility index (Phi) is 3.86. The standard InChI is InChI=1S/C19H15ClN4O/c1-12-18-19(24(23-12)15-5-3-2-4-6-15)22-17(25)11-16(21-18)13-7-9-14(20)10-8-13/h2-10H,11H2,1H3,(H,22,25). The molecule has 2 heterocycles. The first-order valence-corrected chi connectivity index (χ1v) is 8.28. The number of carbonyl (C=O) groups excluding carboxylic acids is 1. The van der Waals surface area contributed by atoms with Crippen LogP contribution >= 0.6 is 11.6 Å². The molecule has 0 saturated carbocycles. The van der Waals surface area contributed by atoms with Crippen molar-refractivity contribution >= 4 is 34.7 Å². The van der Waals surface area contributed by atoms with E-state index in [9.17, 15) is 4.79 Å². The molecular formula is C19H15ClN4O. The molecule has 1 N–H and O–H groups in total. The summed E-state index contributed by atoms with van der Waals surface area (Å²) < 4.78 is 1.72. The predicted molar refractivity (Wildman–Crippen MR) is 99.2 cm³/mol. The van der Waals surface area contributed by atoms with Crippen LogP contribution in [-0.4, -0.2) is 21.4 Å². The van der Waals surface area contributed by atoms with Crippen LogP contribution in [0, 0.1) is 6.92 Å². The number of benzene rings is 2. The maximum Gasteiger partial charge on any atom is 0.231 e. The Hall–Kier alpha value is -2.92. The minimum absolute atomic E-state index is 0.121. The Morgan fingerprint density at radius 2 is 1.80 bits per heavy atom. The number of nitrogens with zero attached hydrogens (tertiary/aromatic N) is 3. The summed E-state index contributed by atoms with van der Waals surface area (Å²) in [4.78, 5) is 17.2. The molecule has 1 aliphatic rings. The SMILES string of the molecule is Cc1nn(-c2ccccc2)c2c1N=C(c1ccc(Cl)cc1)CC(=O)N2. The van der Waals surface area contributed by atoms with Crippen molar-refractivity contribution < 1.29 is 4.79 Å².